The largest absolute Gasteiger partial charge is 0.343 e. The fraction of sp³-hybridized carbons (Fsp3) is 0.875. The fourth-order valence-corrected chi connectivity index (χ4v) is 1.43. The van der Waals surface area contributed by atoms with E-state index in [1.165, 1.54) is 12.8 Å². The van der Waals surface area contributed by atoms with Gasteiger partial charge >= 0.3 is 0 Å². The molecule has 1 fully saturated rings. The van der Waals surface area contributed by atoms with Gasteiger partial charge in [-0.1, -0.05) is 6.92 Å². The zero-order valence-corrected chi connectivity index (χ0v) is 6.92. The Labute approximate surface area is 62.2 Å². The van der Waals surface area contributed by atoms with Gasteiger partial charge in [-0.3, -0.25) is 4.79 Å². The van der Waals surface area contributed by atoms with Crippen molar-refractivity contribution < 1.29 is 4.79 Å². The molecule has 0 heterocycles. The van der Waals surface area contributed by atoms with Gasteiger partial charge in [-0.15, -0.1) is 0 Å². The number of hydrogen-bond donors (Lipinski definition) is 0. The van der Waals surface area contributed by atoms with Crippen molar-refractivity contribution in [3.8, 4) is 0 Å². The van der Waals surface area contributed by atoms with Crippen LogP contribution >= 0.6 is 0 Å². The lowest BCUT2D eigenvalue weighted by atomic mass is 9.81. The minimum Gasteiger partial charge on any atom is -0.343 e. The molecular weight excluding hydrogens is 126 g/mol. The highest BCUT2D eigenvalue weighted by molar-refractivity contribution is 5.73. The average molecular weight is 141 g/mol. The van der Waals surface area contributed by atoms with Crippen molar-refractivity contribution >= 4 is 5.91 Å². The smallest absolute Gasteiger partial charge is 0.219 e. The second-order valence-electron chi connectivity index (χ2n) is 3.36. The Hall–Kier alpha value is -0.530. The van der Waals surface area contributed by atoms with E-state index in [2.05, 4.69) is 6.92 Å². The standard InChI is InChI=1S/C8H15NO/c1-6-4-8(5-6)9(3)7(2)10/h6,8H,4-5H2,1-3H3/t6-,8-. The van der Waals surface area contributed by atoms with Crippen molar-refractivity contribution in [1.82, 2.24) is 4.90 Å². The Morgan fingerprint density at radius 1 is 1.50 bits per heavy atom. The van der Waals surface area contributed by atoms with Gasteiger partial charge in [0.05, 0.1) is 0 Å². The molecule has 0 bridgehead atoms. The van der Waals surface area contributed by atoms with Gasteiger partial charge in [-0.2, -0.15) is 0 Å². The quantitative estimate of drug-likeness (QED) is 0.538. The molecule has 1 aliphatic carbocycles. The van der Waals surface area contributed by atoms with E-state index in [0.29, 0.717) is 6.04 Å². The minimum absolute atomic E-state index is 0.192. The van der Waals surface area contributed by atoms with Crippen LogP contribution in [0.15, 0.2) is 0 Å². The lowest BCUT2D eigenvalue weighted by Crippen LogP contribution is -2.43. The molecule has 0 unspecified atom stereocenters. The predicted molar refractivity (Wildman–Crippen MR) is 40.6 cm³/mol. The average Bonchev–Trinajstić information content (AvgIpc) is 1.79. The molecule has 0 aliphatic heterocycles. The number of carbonyl (C=O) groups is 1. The van der Waals surface area contributed by atoms with Crippen molar-refractivity contribution in [1.29, 1.82) is 0 Å². The van der Waals surface area contributed by atoms with Gasteiger partial charge in [0.2, 0.25) is 5.91 Å². The van der Waals surface area contributed by atoms with Crippen LogP contribution in [-0.2, 0) is 4.79 Å². The third-order valence-corrected chi connectivity index (χ3v) is 2.39. The van der Waals surface area contributed by atoms with Gasteiger partial charge in [0, 0.05) is 20.0 Å². The number of amides is 1. The van der Waals surface area contributed by atoms with Crippen molar-refractivity contribution in [2.24, 2.45) is 5.92 Å². The number of rotatable bonds is 1. The number of carbonyl (C=O) groups excluding carboxylic acids is 1. The van der Waals surface area contributed by atoms with E-state index >= 15 is 0 Å². The summed E-state index contributed by atoms with van der Waals surface area (Å²) in [6, 6.07) is 0.535. The number of hydrogen-bond acceptors (Lipinski definition) is 1. The molecule has 10 heavy (non-hydrogen) atoms. The summed E-state index contributed by atoms with van der Waals surface area (Å²) in [7, 11) is 1.89. The maximum Gasteiger partial charge on any atom is 0.219 e. The van der Waals surface area contributed by atoms with Crippen LogP contribution in [0.5, 0.6) is 0 Å². The predicted octanol–water partition coefficient (Wildman–Crippen LogP) is 1.26. The molecule has 1 amide bonds. The lowest BCUT2D eigenvalue weighted by molar-refractivity contribution is -0.131. The van der Waals surface area contributed by atoms with Crippen LogP contribution in [0.25, 0.3) is 0 Å². The Bertz CT molecular complexity index is 138. The van der Waals surface area contributed by atoms with Crippen LogP contribution in [0.2, 0.25) is 0 Å². The van der Waals surface area contributed by atoms with Crippen LogP contribution < -0.4 is 0 Å². The van der Waals surface area contributed by atoms with E-state index in [1.807, 2.05) is 11.9 Å². The third-order valence-electron chi connectivity index (χ3n) is 2.39. The van der Waals surface area contributed by atoms with Gasteiger partial charge in [-0.25, -0.2) is 0 Å². The third kappa shape index (κ3) is 1.31. The monoisotopic (exact) mass is 141 g/mol. The zero-order chi connectivity index (χ0) is 7.72. The zero-order valence-electron chi connectivity index (χ0n) is 6.92. The first kappa shape index (κ1) is 7.58. The van der Waals surface area contributed by atoms with Crippen LogP contribution in [0, 0.1) is 5.92 Å². The molecule has 1 rings (SSSR count). The first-order valence-corrected chi connectivity index (χ1v) is 3.84. The maximum atomic E-state index is 10.8. The molecule has 0 aromatic heterocycles. The van der Waals surface area contributed by atoms with Crippen LogP contribution in [0.1, 0.15) is 26.7 Å². The first-order chi connectivity index (χ1) is 4.61. The van der Waals surface area contributed by atoms with Crippen molar-refractivity contribution in [2.75, 3.05) is 7.05 Å². The van der Waals surface area contributed by atoms with E-state index in [1.54, 1.807) is 6.92 Å². The molecule has 1 aliphatic rings. The Balaban J connectivity index is 2.31. The fourth-order valence-electron chi connectivity index (χ4n) is 1.43. The van der Waals surface area contributed by atoms with E-state index in [4.69, 9.17) is 0 Å². The molecule has 0 aromatic rings. The summed E-state index contributed by atoms with van der Waals surface area (Å²) in [4.78, 5) is 12.7. The van der Waals surface area contributed by atoms with Gasteiger partial charge < -0.3 is 4.90 Å². The first-order valence-electron chi connectivity index (χ1n) is 3.84. The van der Waals surface area contributed by atoms with E-state index in [0.717, 1.165) is 5.92 Å². The Morgan fingerprint density at radius 3 is 2.30 bits per heavy atom. The van der Waals surface area contributed by atoms with Crippen LogP contribution in [0.4, 0.5) is 0 Å². The molecule has 1 saturated carbocycles. The molecule has 0 radical (unpaired) electrons. The van der Waals surface area contributed by atoms with Gasteiger partial charge in [-0.05, 0) is 18.8 Å². The van der Waals surface area contributed by atoms with Crippen LogP contribution in [0.3, 0.4) is 0 Å². The summed E-state index contributed by atoms with van der Waals surface area (Å²) in [6.45, 7) is 3.85. The van der Waals surface area contributed by atoms with Gasteiger partial charge in [0.15, 0.2) is 0 Å². The lowest BCUT2D eigenvalue weighted by Gasteiger charge is -2.39. The highest BCUT2D eigenvalue weighted by atomic mass is 16.2. The van der Waals surface area contributed by atoms with Crippen molar-refractivity contribution in [3.05, 3.63) is 0 Å². The van der Waals surface area contributed by atoms with Gasteiger partial charge in [0.25, 0.3) is 0 Å². The molecule has 2 heteroatoms. The molecule has 58 valence electrons. The van der Waals surface area contributed by atoms with Gasteiger partial charge in [0.1, 0.15) is 0 Å². The second-order valence-corrected chi connectivity index (χ2v) is 3.36. The summed E-state index contributed by atoms with van der Waals surface area (Å²) < 4.78 is 0. The van der Waals surface area contributed by atoms with Crippen molar-refractivity contribution in [2.45, 2.75) is 32.7 Å². The minimum atomic E-state index is 0.192. The molecule has 0 atom stereocenters. The summed E-state index contributed by atoms with van der Waals surface area (Å²) in [6.07, 6.45) is 2.38. The summed E-state index contributed by atoms with van der Waals surface area (Å²) >= 11 is 0. The van der Waals surface area contributed by atoms with E-state index in [9.17, 15) is 4.79 Å². The molecule has 0 N–H and O–H groups in total. The normalized spacial score (nSPS) is 31.1. The topological polar surface area (TPSA) is 20.3 Å². The molecule has 0 saturated heterocycles. The number of nitrogens with zero attached hydrogens (tertiary/aromatic N) is 1. The molecule has 2 nitrogen and oxygen atoms in total. The second kappa shape index (κ2) is 2.60. The Kier molecular flexibility index (Phi) is 1.97. The Morgan fingerprint density at radius 2 is 2.00 bits per heavy atom. The summed E-state index contributed by atoms with van der Waals surface area (Å²) in [5.74, 6) is 1.02. The molecule has 0 aromatic carbocycles. The summed E-state index contributed by atoms with van der Waals surface area (Å²) in [5, 5.41) is 0. The maximum absolute atomic E-state index is 10.8. The van der Waals surface area contributed by atoms with E-state index in [-0.39, 0.29) is 5.91 Å². The van der Waals surface area contributed by atoms with Crippen molar-refractivity contribution in [3.63, 3.8) is 0 Å². The SMILES string of the molecule is CC(=O)N(C)[C@H]1C[C@H](C)C1. The molecular formula is C8H15NO. The summed E-state index contributed by atoms with van der Waals surface area (Å²) in [5.41, 5.74) is 0. The highest BCUT2D eigenvalue weighted by Gasteiger charge is 2.29. The van der Waals surface area contributed by atoms with E-state index < -0.39 is 0 Å². The molecule has 0 spiro atoms. The highest BCUT2D eigenvalue weighted by Crippen LogP contribution is 2.30. The van der Waals surface area contributed by atoms with Crippen LogP contribution in [-0.4, -0.2) is 23.9 Å².